The molecule has 0 aromatic heterocycles. The van der Waals surface area contributed by atoms with E-state index in [1.165, 1.54) is 38.1 Å². The zero-order chi connectivity index (χ0) is 19.8. The van der Waals surface area contributed by atoms with Gasteiger partial charge in [-0.25, -0.2) is 9.18 Å². The second-order valence-corrected chi connectivity index (χ2v) is 5.67. The normalized spacial score (nSPS) is 12.0. The molecule has 0 aliphatic rings. The Morgan fingerprint density at radius 1 is 1.04 bits per heavy atom. The van der Waals surface area contributed by atoms with Crippen LogP contribution in [0.1, 0.15) is 19.4 Å². The number of halogens is 1. The number of benzene rings is 2. The molecule has 2 amide bonds. The van der Waals surface area contributed by atoms with Gasteiger partial charge in [-0.05, 0) is 30.7 Å². The molecule has 2 aromatic carbocycles. The first-order valence-electron chi connectivity index (χ1n) is 8.17. The minimum absolute atomic E-state index is 0.0210. The summed E-state index contributed by atoms with van der Waals surface area (Å²) in [5.41, 5.74) is 0.535. The molecule has 7 heteroatoms. The monoisotopic (exact) mass is 370 g/mol. The van der Waals surface area contributed by atoms with Crippen LogP contribution in [0.25, 0.3) is 6.08 Å². The van der Waals surface area contributed by atoms with E-state index in [0.717, 1.165) is 0 Å². The van der Waals surface area contributed by atoms with Gasteiger partial charge in [-0.15, -0.1) is 0 Å². The summed E-state index contributed by atoms with van der Waals surface area (Å²) in [4.78, 5) is 35.9. The predicted molar refractivity (Wildman–Crippen MR) is 98.8 cm³/mol. The number of para-hydroxylation sites is 1. The maximum atomic E-state index is 13.6. The molecule has 27 heavy (non-hydrogen) atoms. The standard InChI is InChI=1S/C20H19FN2O4/c1-13(19(25)23-17-11-7-6-10-16(17)21)27-20(26)18(22-14(2)24)12-15-8-4-3-5-9-15/h3-13H,1-2H3,(H,22,24)(H,23,25)/b18-12+/t13-/m1/s1. The fourth-order valence-corrected chi connectivity index (χ4v) is 2.13. The first-order chi connectivity index (χ1) is 12.9. The van der Waals surface area contributed by atoms with Crippen LogP contribution in [0.15, 0.2) is 60.3 Å². The first kappa shape index (κ1) is 19.8. The highest BCUT2D eigenvalue weighted by Gasteiger charge is 2.22. The van der Waals surface area contributed by atoms with Crippen molar-refractivity contribution in [3.05, 3.63) is 71.7 Å². The van der Waals surface area contributed by atoms with E-state index in [4.69, 9.17) is 4.74 Å². The lowest BCUT2D eigenvalue weighted by Gasteiger charge is -2.15. The highest BCUT2D eigenvalue weighted by Crippen LogP contribution is 2.14. The summed E-state index contributed by atoms with van der Waals surface area (Å²) in [5, 5.41) is 4.73. The van der Waals surface area contributed by atoms with Gasteiger partial charge in [-0.3, -0.25) is 9.59 Å². The molecule has 0 spiro atoms. The second kappa shape index (κ2) is 9.28. The van der Waals surface area contributed by atoms with Gasteiger partial charge in [-0.1, -0.05) is 42.5 Å². The molecular weight excluding hydrogens is 351 g/mol. The Labute approximate surface area is 156 Å². The number of ether oxygens (including phenoxy) is 1. The minimum atomic E-state index is -1.20. The van der Waals surface area contributed by atoms with E-state index in [1.807, 2.05) is 6.07 Å². The fraction of sp³-hybridized carbons (Fsp3) is 0.150. The van der Waals surface area contributed by atoms with Crippen molar-refractivity contribution in [1.29, 1.82) is 0 Å². The molecule has 6 nitrogen and oxygen atoms in total. The molecule has 0 unspecified atom stereocenters. The highest BCUT2D eigenvalue weighted by atomic mass is 19.1. The highest BCUT2D eigenvalue weighted by molar-refractivity contribution is 6.00. The molecule has 2 N–H and O–H groups in total. The Morgan fingerprint density at radius 2 is 1.67 bits per heavy atom. The number of amides is 2. The average Bonchev–Trinajstić information content (AvgIpc) is 2.63. The average molecular weight is 370 g/mol. The first-order valence-corrected chi connectivity index (χ1v) is 8.17. The summed E-state index contributed by atoms with van der Waals surface area (Å²) in [6.45, 7) is 2.60. The van der Waals surface area contributed by atoms with Gasteiger partial charge in [0.1, 0.15) is 11.5 Å². The summed E-state index contributed by atoms with van der Waals surface area (Å²) in [7, 11) is 0. The molecule has 0 aliphatic heterocycles. The van der Waals surface area contributed by atoms with Crippen LogP contribution in [-0.4, -0.2) is 23.9 Å². The van der Waals surface area contributed by atoms with E-state index in [9.17, 15) is 18.8 Å². The third-order valence-corrected chi connectivity index (χ3v) is 3.43. The van der Waals surface area contributed by atoms with Crippen LogP contribution in [0.2, 0.25) is 0 Å². The lowest BCUT2D eigenvalue weighted by Crippen LogP contribution is -2.34. The molecule has 0 saturated heterocycles. The Hall–Kier alpha value is -3.48. The maximum absolute atomic E-state index is 13.6. The summed E-state index contributed by atoms with van der Waals surface area (Å²) in [6, 6.07) is 14.5. The van der Waals surface area contributed by atoms with Gasteiger partial charge < -0.3 is 15.4 Å². The Morgan fingerprint density at radius 3 is 2.30 bits per heavy atom. The van der Waals surface area contributed by atoms with Gasteiger partial charge in [0.05, 0.1) is 5.69 Å². The minimum Gasteiger partial charge on any atom is -0.448 e. The molecule has 0 fully saturated rings. The summed E-state index contributed by atoms with van der Waals surface area (Å²) in [5.74, 6) is -2.65. The van der Waals surface area contributed by atoms with Crippen LogP contribution in [-0.2, 0) is 19.1 Å². The number of hydrogen-bond donors (Lipinski definition) is 2. The van der Waals surface area contributed by atoms with E-state index in [0.29, 0.717) is 5.56 Å². The second-order valence-electron chi connectivity index (χ2n) is 5.67. The lowest BCUT2D eigenvalue weighted by atomic mass is 10.2. The van der Waals surface area contributed by atoms with Crippen molar-refractivity contribution >= 4 is 29.5 Å². The topological polar surface area (TPSA) is 84.5 Å². The lowest BCUT2D eigenvalue weighted by molar-refractivity contribution is -0.149. The summed E-state index contributed by atoms with van der Waals surface area (Å²) < 4.78 is 18.7. The molecular formula is C20H19FN2O4. The quantitative estimate of drug-likeness (QED) is 0.605. The van der Waals surface area contributed by atoms with Crippen molar-refractivity contribution in [2.75, 3.05) is 5.32 Å². The number of nitrogens with one attached hydrogen (secondary N) is 2. The zero-order valence-electron chi connectivity index (χ0n) is 14.9. The summed E-state index contributed by atoms with van der Waals surface area (Å²) >= 11 is 0. The number of rotatable bonds is 6. The van der Waals surface area contributed by atoms with Crippen LogP contribution in [0.5, 0.6) is 0 Å². The van der Waals surface area contributed by atoms with Crippen molar-refractivity contribution in [1.82, 2.24) is 5.32 Å². The summed E-state index contributed by atoms with van der Waals surface area (Å²) in [6.07, 6.45) is 0.232. The van der Waals surface area contributed by atoms with E-state index >= 15 is 0 Å². The fourth-order valence-electron chi connectivity index (χ4n) is 2.13. The van der Waals surface area contributed by atoms with Crippen molar-refractivity contribution < 1.29 is 23.5 Å². The smallest absolute Gasteiger partial charge is 0.355 e. The number of anilines is 1. The van der Waals surface area contributed by atoms with E-state index in [2.05, 4.69) is 10.6 Å². The molecule has 2 aromatic rings. The molecule has 140 valence electrons. The third kappa shape index (κ3) is 6.07. The van der Waals surface area contributed by atoms with E-state index in [1.54, 1.807) is 30.3 Å². The molecule has 0 aliphatic carbocycles. The van der Waals surface area contributed by atoms with Crippen molar-refractivity contribution in [3.8, 4) is 0 Å². The maximum Gasteiger partial charge on any atom is 0.355 e. The van der Waals surface area contributed by atoms with Crippen LogP contribution in [0.3, 0.4) is 0 Å². The number of hydrogen-bond acceptors (Lipinski definition) is 4. The predicted octanol–water partition coefficient (Wildman–Crippen LogP) is 2.87. The molecule has 0 heterocycles. The molecule has 0 radical (unpaired) electrons. The van der Waals surface area contributed by atoms with Crippen LogP contribution >= 0.6 is 0 Å². The third-order valence-electron chi connectivity index (χ3n) is 3.43. The Kier molecular flexibility index (Phi) is 6.82. The van der Waals surface area contributed by atoms with Gasteiger partial charge in [-0.2, -0.15) is 0 Å². The van der Waals surface area contributed by atoms with Gasteiger partial charge in [0, 0.05) is 6.92 Å². The zero-order valence-corrected chi connectivity index (χ0v) is 14.9. The molecule has 0 saturated carbocycles. The van der Waals surface area contributed by atoms with Crippen LogP contribution in [0.4, 0.5) is 10.1 Å². The van der Waals surface area contributed by atoms with Gasteiger partial charge in [0.2, 0.25) is 5.91 Å². The SMILES string of the molecule is CC(=O)N/C(=C/c1ccccc1)C(=O)O[C@H](C)C(=O)Nc1ccccc1F. The number of esters is 1. The van der Waals surface area contributed by atoms with E-state index in [-0.39, 0.29) is 11.4 Å². The van der Waals surface area contributed by atoms with Crippen molar-refractivity contribution in [2.24, 2.45) is 0 Å². The molecule has 1 atom stereocenters. The largest absolute Gasteiger partial charge is 0.448 e. The van der Waals surface area contributed by atoms with Crippen molar-refractivity contribution in [3.63, 3.8) is 0 Å². The van der Waals surface area contributed by atoms with Gasteiger partial charge in [0.15, 0.2) is 6.10 Å². The Balaban J connectivity index is 2.09. The number of carbonyl (C=O) groups excluding carboxylic acids is 3. The van der Waals surface area contributed by atoms with Gasteiger partial charge >= 0.3 is 5.97 Å². The van der Waals surface area contributed by atoms with Gasteiger partial charge in [0.25, 0.3) is 5.91 Å². The Bertz CT molecular complexity index is 865. The van der Waals surface area contributed by atoms with Crippen LogP contribution < -0.4 is 10.6 Å². The van der Waals surface area contributed by atoms with Crippen LogP contribution in [0, 0.1) is 5.82 Å². The van der Waals surface area contributed by atoms with Crippen molar-refractivity contribution in [2.45, 2.75) is 20.0 Å². The number of carbonyl (C=O) groups is 3. The molecule has 0 bridgehead atoms. The van der Waals surface area contributed by atoms with E-state index < -0.39 is 29.7 Å². The molecule has 2 rings (SSSR count).